The standard InChI is InChI=1S/C14H17N3S/c1-14(2,3)11-6-4-10(5-7-11)12(18)17-13-15-8-9-16-13/h4-9H,1-3H3,(H2,15,16,17,18). The maximum atomic E-state index is 5.33. The summed E-state index contributed by atoms with van der Waals surface area (Å²) in [6, 6.07) is 8.31. The molecule has 2 N–H and O–H groups in total. The van der Waals surface area contributed by atoms with Crippen molar-refractivity contribution in [2.45, 2.75) is 26.2 Å². The van der Waals surface area contributed by atoms with Gasteiger partial charge in [-0.15, -0.1) is 0 Å². The van der Waals surface area contributed by atoms with E-state index in [0.717, 1.165) is 5.56 Å². The van der Waals surface area contributed by atoms with Crippen LogP contribution in [0.4, 0.5) is 5.95 Å². The van der Waals surface area contributed by atoms with Crippen LogP contribution in [-0.2, 0) is 5.41 Å². The third kappa shape index (κ3) is 2.96. The van der Waals surface area contributed by atoms with Gasteiger partial charge in [-0.2, -0.15) is 0 Å². The van der Waals surface area contributed by atoms with Crippen molar-refractivity contribution in [1.29, 1.82) is 0 Å². The highest BCUT2D eigenvalue weighted by Crippen LogP contribution is 2.22. The Balaban J connectivity index is 2.12. The van der Waals surface area contributed by atoms with Crippen molar-refractivity contribution in [2.24, 2.45) is 0 Å². The SMILES string of the molecule is CC(C)(C)c1ccc(C(=S)Nc2ncc[nH]2)cc1. The number of rotatable bonds is 2. The van der Waals surface area contributed by atoms with Gasteiger partial charge in [-0.3, -0.25) is 0 Å². The highest BCUT2D eigenvalue weighted by Gasteiger charge is 2.13. The summed E-state index contributed by atoms with van der Waals surface area (Å²) in [6.45, 7) is 6.59. The van der Waals surface area contributed by atoms with Crippen molar-refractivity contribution >= 4 is 23.2 Å². The van der Waals surface area contributed by atoms with Crippen LogP contribution in [0, 0.1) is 0 Å². The highest BCUT2D eigenvalue weighted by molar-refractivity contribution is 7.81. The molecule has 0 aliphatic heterocycles. The number of H-pyrrole nitrogens is 1. The minimum Gasteiger partial charge on any atom is -0.331 e. The van der Waals surface area contributed by atoms with E-state index in [0.29, 0.717) is 10.9 Å². The van der Waals surface area contributed by atoms with Crippen LogP contribution in [-0.4, -0.2) is 15.0 Å². The predicted octanol–water partition coefficient (Wildman–Crippen LogP) is 3.49. The molecule has 0 atom stereocenters. The van der Waals surface area contributed by atoms with Gasteiger partial charge in [0.2, 0.25) is 5.95 Å². The molecule has 2 aromatic rings. The van der Waals surface area contributed by atoms with E-state index >= 15 is 0 Å². The van der Waals surface area contributed by atoms with E-state index in [1.807, 2.05) is 12.1 Å². The fourth-order valence-corrected chi connectivity index (χ4v) is 1.87. The third-order valence-electron chi connectivity index (χ3n) is 2.74. The molecule has 0 aliphatic carbocycles. The summed E-state index contributed by atoms with van der Waals surface area (Å²) >= 11 is 5.33. The molecule has 0 saturated heterocycles. The summed E-state index contributed by atoms with van der Waals surface area (Å²) in [5.74, 6) is 0.667. The van der Waals surface area contributed by atoms with Crippen LogP contribution in [0.1, 0.15) is 31.9 Å². The minimum atomic E-state index is 0.161. The number of aromatic nitrogens is 2. The quantitative estimate of drug-likeness (QED) is 0.811. The molecule has 0 fully saturated rings. The van der Waals surface area contributed by atoms with Gasteiger partial charge in [0.05, 0.1) is 0 Å². The fourth-order valence-electron chi connectivity index (χ4n) is 1.63. The number of aromatic amines is 1. The second-order valence-corrected chi connectivity index (χ2v) is 5.63. The Bertz CT molecular complexity index is 521. The Hall–Kier alpha value is -1.68. The maximum Gasteiger partial charge on any atom is 0.205 e. The Kier molecular flexibility index (Phi) is 3.48. The lowest BCUT2D eigenvalue weighted by Crippen LogP contribution is -2.14. The van der Waals surface area contributed by atoms with E-state index < -0.39 is 0 Å². The van der Waals surface area contributed by atoms with Crippen LogP contribution in [0.2, 0.25) is 0 Å². The Morgan fingerprint density at radius 3 is 2.39 bits per heavy atom. The van der Waals surface area contributed by atoms with Gasteiger partial charge in [0.15, 0.2) is 0 Å². The van der Waals surface area contributed by atoms with E-state index in [1.54, 1.807) is 12.4 Å². The molecule has 2 rings (SSSR count). The average Bonchev–Trinajstić information content (AvgIpc) is 2.81. The topological polar surface area (TPSA) is 40.7 Å². The first-order valence-electron chi connectivity index (χ1n) is 5.88. The number of imidazole rings is 1. The van der Waals surface area contributed by atoms with Crippen molar-refractivity contribution in [1.82, 2.24) is 9.97 Å². The van der Waals surface area contributed by atoms with Crippen LogP contribution in [0.15, 0.2) is 36.7 Å². The van der Waals surface area contributed by atoms with E-state index in [-0.39, 0.29) is 5.41 Å². The second-order valence-electron chi connectivity index (χ2n) is 5.22. The summed E-state index contributed by atoms with van der Waals surface area (Å²) < 4.78 is 0. The van der Waals surface area contributed by atoms with E-state index in [1.165, 1.54) is 5.56 Å². The molecule has 1 aromatic heterocycles. The van der Waals surface area contributed by atoms with Crippen LogP contribution in [0.3, 0.4) is 0 Å². The van der Waals surface area contributed by atoms with Gasteiger partial charge in [0.25, 0.3) is 0 Å². The van der Waals surface area contributed by atoms with E-state index in [9.17, 15) is 0 Å². The van der Waals surface area contributed by atoms with Gasteiger partial charge in [-0.1, -0.05) is 57.3 Å². The molecule has 0 amide bonds. The molecule has 1 aromatic carbocycles. The first kappa shape index (κ1) is 12.8. The van der Waals surface area contributed by atoms with Gasteiger partial charge >= 0.3 is 0 Å². The Morgan fingerprint density at radius 2 is 1.89 bits per heavy atom. The van der Waals surface area contributed by atoms with Crippen LogP contribution >= 0.6 is 12.2 Å². The summed E-state index contributed by atoms with van der Waals surface area (Å²) in [5, 5.41) is 3.06. The van der Waals surface area contributed by atoms with Crippen LogP contribution in [0.5, 0.6) is 0 Å². The lowest BCUT2D eigenvalue weighted by Gasteiger charge is -2.19. The summed E-state index contributed by atoms with van der Waals surface area (Å²) in [4.78, 5) is 7.72. The maximum absolute atomic E-state index is 5.33. The lowest BCUT2D eigenvalue weighted by molar-refractivity contribution is 0.590. The predicted molar refractivity (Wildman–Crippen MR) is 79.1 cm³/mol. The van der Waals surface area contributed by atoms with E-state index in [2.05, 4.69) is 48.2 Å². The van der Waals surface area contributed by atoms with Crippen molar-refractivity contribution in [3.8, 4) is 0 Å². The van der Waals surface area contributed by atoms with Gasteiger partial charge in [-0.25, -0.2) is 4.98 Å². The normalized spacial score (nSPS) is 11.3. The molecule has 3 nitrogen and oxygen atoms in total. The zero-order valence-electron chi connectivity index (χ0n) is 10.8. The summed E-state index contributed by atoms with van der Waals surface area (Å²) in [7, 11) is 0. The third-order valence-corrected chi connectivity index (χ3v) is 3.08. The molecule has 4 heteroatoms. The molecule has 0 saturated carbocycles. The number of nitrogens with one attached hydrogen (secondary N) is 2. The number of benzene rings is 1. The largest absolute Gasteiger partial charge is 0.331 e. The number of nitrogens with zero attached hydrogens (tertiary/aromatic N) is 1. The average molecular weight is 259 g/mol. The van der Waals surface area contributed by atoms with E-state index in [4.69, 9.17) is 12.2 Å². The smallest absolute Gasteiger partial charge is 0.205 e. The van der Waals surface area contributed by atoms with Gasteiger partial charge in [-0.05, 0) is 11.0 Å². The summed E-state index contributed by atoms with van der Waals surface area (Å²) in [5.41, 5.74) is 2.45. The van der Waals surface area contributed by atoms with Crippen LogP contribution in [0.25, 0.3) is 0 Å². The van der Waals surface area contributed by atoms with Gasteiger partial charge in [0, 0.05) is 18.0 Å². The molecule has 0 spiro atoms. The number of anilines is 1. The highest BCUT2D eigenvalue weighted by atomic mass is 32.1. The fraction of sp³-hybridized carbons (Fsp3) is 0.286. The second kappa shape index (κ2) is 4.90. The first-order valence-corrected chi connectivity index (χ1v) is 6.29. The van der Waals surface area contributed by atoms with Crippen molar-refractivity contribution in [3.05, 3.63) is 47.8 Å². The molecular weight excluding hydrogens is 242 g/mol. The molecular formula is C14H17N3S. The Morgan fingerprint density at radius 1 is 1.22 bits per heavy atom. The molecule has 94 valence electrons. The molecule has 0 aliphatic rings. The van der Waals surface area contributed by atoms with Crippen molar-refractivity contribution < 1.29 is 0 Å². The lowest BCUT2D eigenvalue weighted by atomic mass is 9.87. The minimum absolute atomic E-state index is 0.161. The Labute approximate surface area is 113 Å². The van der Waals surface area contributed by atoms with Gasteiger partial charge in [0.1, 0.15) is 4.99 Å². The first-order chi connectivity index (χ1) is 8.47. The zero-order chi connectivity index (χ0) is 13.2. The monoisotopic (exact) mass is 259 g/mol. The zero-order valence-corrected chi connectivity index (χ0v) is 11.6. The molecule has 0 unspecified atom stereocenters. The number of thiocarbonyl (C=S) groups is 1. The number of hydrogen-bond donors (Lipinski definition) is 2. The molecule has 0 bridgehead atoms. The number of hydrogen-bond acceptors (Lipinski definition) is 2. The van der Waals surface area contributed by atoms with Gasteiger partial charge < -0.3 is 10.3 Å². The van der Waals surface area contributed by atoms with Crippen molar-refractivity contribution in [3.63, 3.8) is 0 Å². The molecule has 18 heavy (non-hydrogen) atoms. The summed E-state index contributed by atoms with van der Waals surface area (Å²) in [6.07, 6.45) is 3.45. The van der Waals surface area contributed by atoms with Crippen molar-refractivity contribution in [2.75, 3.05) is 5.32 Å². The molecule has 1 heterocycles. The van der Waals surface area contributed by atoms with Crippen LogP contribution < -0.4 is 5.32 Å². The molecule has 0 radical (unpaired) electrons.